The Bertz CT molecular complexity index is 1590. The van der Waals surface area contributed by atoms with Crippen LogP contribution in [-0.2, 0) is 12.8 Å². The van der Waals surface area contributed by atoms with Crippen LogP contribution in [0.25, 0.3) is 16.9 Å². The van der Waals surface area contributed by atoms with Crippen LogP contribution in [0.5, 0.6) is 5.75 Å². The minimum absolute atomic E-state index is 0.0301. The predicted octanol–water partition coefficient (Wildman–Crippen LogP) is 4.10. The fraction of sp³-hybridized carbons (Fsp3) is 0.367. The van der Waals surface area contributed by atoms with Gasteiger partial charge in [0.05, 0.1) is 38.3 Å². The third-order valence-electron chi connectivity index (χ3n) is 7.82. The molecule has 12 heteroatoms. The summed E-state index contributed by atoms with van der Waals surface area (Å²) in [7, 11) is 1.57. The summed E-state index contributed by atoms with van der Waals surface area (Å²) in [6.07, 6.45) is -3.61. The molecule has 3 heterocycles. The second-order valence-corrected chi connectivity index (χ2v) is 10.4. The Balaban J connectivity index is 1.48. The molecule has 1 aliphatic heterocycles. The van der Waals surface area contributed by atoms with Crippen molar-refractivity contribution in [1.82, 2.24) is 24.4 Å². The fourth-order valence-corrected chi connectivity index (χ4v) is 5.68. The number of methoxy groups -OCH3 is 1. The molecule has 42 heavy (non-hydrogen) atoms. The van der Waals surface area contributed by atoms with Gasteiger partial charge in [0.25, 0.3) is 5.91 Å². The lowest BCUT2D eigenvalue weighted by molar-refractivity contribution is -0.143. The van der Waals surface area contributed by atoms with E-state index in [2.05, 4.69) is 15.0 Å². The molecule has 0 unspecified atom stereocenters. The molecule has 0 radical (unpaired) electrons. The molecule has 4 aromatic rings. The zero-order chi connectivity index (χ0) is 30.2. The number of rotatable bonds is 7. The largest absolute Gasteiger partial charge is 0.496 e. The van der Waals surface area contributed by atoms with Crippen LogP contribution < -0.4 is 4.74 Å². The maximum atomic E-state index is 14.3. The number of nitrogens with zero attached hydrogens (tertiary/aromatic N) is 5. The molecule has 1 fully saturated rings. The molecule has 9 nitrogen and oxygen atoms in total. The normalized spacial score (nSPS) is 17.0. The Kier molecular flexibility index (Phi) is 8.22. The van der Waals surface area contributed by atoms with Gasteiger partial charge in [-0.1, -0.05) is 42.5 Å². The van der Waals surface area contributed by atoms with Gasteiger partial charge in [0, 0.05) is 42.4 Å². The highest BCUT2D eigenvalue weighted by Gasteiger charge is 2.40. The van der Waals surface area contributed by atoms with Gasteiger partial charge in [0.2, 0.25) is 0 Å². The topological polar surface area (TPSA) is 103 Å². The summed E-state index contributed by atoms with van der Waals surface area (Å²) in [4.78, 5) is 22.0. The van der Waals surface area contributed by atoms with Crippen molar-refractivity contribution in [3.63, 3.8) is 0 Å². The van der Waals surface area contributed by atoms with Crippen LogP contribution in [0.15, 0.2) is 54.7 Å². The summed E-state index contributed by atoms with van der Waals surface area (Å²) in [5, 5.41) is 23.6. The number of aromatic nitrogens is 3. The Labute approximate surface area is 240 Å². The SMILES string of the molecule is COc1ccccc1[C@H](CO)N1CCN(C(=O)c2cnn3c(C(F)(F)F)c(C)c(-c4ccc(CO)cc4)nc23)[C@H](C)C1. The van der Waals surface area contributed by atoms with Crippen molar-refractivity contribution < 1.29 is 32.9 Å². The molecule has 2 N–H and O–H groups in total. The van der Waals surface area contributed by atoms with Gasteiger partial charge in [0.15, 0.2) is 11.3 Å². The zero-order valence-corrected chi connectivity index (χ0v) is 23.5. The second kappa shape index (κ2) is 11.7. The summed E-state index contributed by atoms with van der Waals surface area (Å²) >= 11 is 0. The van der Waals surface area contributed by atoms with E-state index in [-0.39, 0.29) is 54.3 Å². The molecule has 0 aliphatic carbocycles. The van der Waals surface area contributed by atoms with E-state index in [1.165, 1.54) is 6.92 Å². The summed E-state index contributed by atoms with van der Waals surface area (Å²) in [5.41, 5.74) is 0.593. The number of piperazine rings is 1. The molecule has 0 bridgehead atoms. The highest BCUT2D eigenvalue weighted by molar-refractivity contribution is 6.00. The first-order valence-electron chi connectivity index (χ1n) is 13.5. The van der Waals surface area contributed by atoms with Crippen LogP contribution in [0.4, 0.5) is 13.2 Å². The van der Waals surface area contributed by atoms with Gasteiger partial charge < -0.3 is 19.8 Å². The van der Waals surface area contributed by atoms with E-state index in [9.17, 15) is 28.2 Å². The van der Waals surface area contributed by atoms with Gasteiger partial charge in [-0.3, -0.25) is 9.69 Å². The first-order valence-corrected chi connectivity index (χ1v) is 13.5. The van der Waals surface area contributed by atoms with Crippen molar-refractivity contribution in [2.24, 2.45) is 0 Å². The number of hydrogen-bond donors (Lipinski definition) is 2. The number of alkyl halides is 3. The smallest absolute Gasteiger partial charge is 0.433 e. The Morgan fingerprint density at radius 2 is 1.83 bits per heavy atom. The number of amides is 1. The number of carbonyl (C=O) groups excluding carboxylic acids is 1. The summed E-state index contributed by atoms with van der Waals surface area (Å²) in [5.74, 6) is 0.179. The van der Waals surface area contributed by atoms with Crippen LogP contribution in [0, 0.1) is 6.92 Å². The molecule has 5 rings (SSSR count). The molecule has 1 amide bonds. The molecule has 2 aromatic carbocycles. The van der Waals surface area contributed by atoms with Crippen LogP contribution in [-0.4, -0.2) is 79.9 Å². The second-order valence-electron chi connectivity index (χ2n) is 10.4. The fourth-order valence-electron chi connectivity index (χ4n) is 5.68. The average Bonchev–Trinajstić information content (AvgIpc) is 3.39. The molecule has 222 valence electrons. The third kappa shape index (κ3) is 5.33. The van der Waals surface area contributed by atoms with Crippen molar-refractivity contribution in [2.45, 2.75) is 38.7 Å². The molecule has 1 aliphatic rings. The maximum absolute atomic E-state index is 14.3. The van der Waals surface area contributed by atoms with E-state index >= 15 is 0 Å². The van der Waals surface area contributed by atoms with Crippen molar-refractivity contribution in [2.75, 3.05) is 33.4 Å². The third-order valence-corrected chi connectivity index (χ3v) is 7.82. The van der Waals surface area contributed by atoms with Crippen LogP contribution >= 0.6 is 0 Å². The maximum Gasteiger partial charge on any atom is 0.433 e. The van der Waals surface area contributed by atoms with E-state index in [0.717, 1.165) is 11.8 Å². The molecule has 0 saturated carbocycles. The van der Waals surface area contributed by atoms with Crippen LogP contribution in [0.3, 0.4) is 0 Å². The first-order chi connectivity index (χ1) is 20.1. The summed E-state index contributed by atoms with van der Waals surface area (Å²) in [6.45, 7) is 3.98. The molecular formula is C30H32F3N5O4. The first kappa shape index (κ1) is 29.5. The number of aliphatic hydroxyl groups excluding tert-OH is 2. The summed E-state index contributed by atoms with van der Waals surface area (Å²) in [6, 6.07) is 13.2. The van der Waals surface area contributed by atoms with Gasteiger partial charge in [-0.2, -0.15) is 18.3 Å². The van der Waals surface area contributed by atoms with Gasteiger partial charge in [-0.15, -0.1) is 0 Å². The quantitative estimate of drug-likeness (QED) is 0.338. The summed E-state index contributed by atoms with van der Waals surface area (Å²) < 4.78 is 49.1. The number of fused-ring (bicyclic) bond motifs is 1. The Hall–Kier alpha value is -4.00. The number of para-hydroxylation sites is 1. The lowest BCUT2D eigenvalue weighted by atomic mass is 10.0. The van der Waals surface area contributed by atoms with Crippen LogP contribution in [0.1, 0.15) is 45.7 Å². The molecule has 1 saturated heterocycles. The Morgan fingerprint density at radius 1 is 1.12 bits per heavy atom. The minimum atomic E-state index is -4.76. The van der Waals surface area contributed by atoms with Gasteiger partial charge >= 0.3 is 6.18 Å². The monoisotopic (exact) mass is 583 g/mol. The Morgan fingerprint density at radius 3 is 2.45 bits per heavy atom. The zero-order valence-electron chi connectivity index (χ0n) is 23.5. The number of benzene rings is 2. The number of halogens is 3. The van der Waals surface area contributed by atoms with Crippen molar-refractivity contribution in [1.29, 1.82) is 0 Å². The van der Waals surface area contributed by atoms with Gasteiger partial charge in [0.1, 0.15) is 11.3 Å². The predicted molar refractivity (Wildman–Crippen MR) is 149 cm³/mol. The van der Waals surface area contributed by atoms with E-state index in [1.807, 2.05) is 31.2 Å². The highest BCUT2D eigenvalue weighted by atomic mass is 19.4. The number of ether oxygens (including phenoxy) is 1. The highest BCUT2D eigenvalue weighted by Crippen LogP contribution is 2.37. The van der Waals surface area contributed by atoms with E-state index in [1.54, 1.807) is 36.3 Å². The molecular weight excluding hydrogens is 551 g/mol. The number of hydrogen-bond acceptors (Lipinski definition) is 7. The average molecular weight is 584 g/mol. The number of aliphatic hydroxyl groups is 2. The molecule has 2 atom stereocenters. The lowest BCUT2D eigenvalue weighted by Crippen LogP contribution is -2.55. The van der Waals surface area contributed by atoms with Crippen molar-refractivity contribution in [3.05, 3.63) is 82.7 Å². The number of carbonyl (C=O) groups is 1. The van der Waals surface area contributed by atoms with Crippen LogP contribution in [0.2, 0.25) is 0 Å². The molecule has 2 aromatic heterocycles. The van der Waals surface area contributed by atoms with E-state index in [0.29, 0.717) is 34.5 Å². The molecule has 0 spiro atoms. The van der Waals surface area contributed by atoms with E-state index < -0.39 is 17.8 Å². The minimum Gasteiger partial charge on any atom is -0.496 e. The van der Waals surface area contributed by atoms with E-state index in [4.69, 9.17) is 4.74 Å². The van der Waals surface area contributed by atoms with Gasteiger partial charge in [-0.25, -0.2) is 9.50 Å². The van der Waals surface area contributed by atoms with Gasteiger partial charge in [-0.05, 0) is 25.5 Å². The van der Waals surface area contributed by atoms with Crippen molar-refractivity contribution in [3.8, 4) is 17.0 Å². The van der Waals surface area contributed by atoms with Crippen molar-refractivity contribution >= 4 is 11.6 Å². The lowest BCUT2D eigenvalue weighted by Gasteiger charge is -2.43. The standard InChI is InChI=1S/C30H32F3N5O4/c1-18-15-36(24(17-40)22-6-4-5-7-25(22)42-3)12-13-37(18)29(41)23-14-34-38-27(30(31,32)33)19(2)26(35-28(23)38)21-10-8-20(16-39)9-11-21/h4-11,14,18,24,39-40H,12-13,15-17H2,1-3H3/t18-,24+/m1/s1.